The highest BCUT2D eigenvalue weighted by atomic mass is 35.5. The topological polar surface area (TPSA) is 108 Å². The van der Waals surface area contributed by atoms with Crippen molar-refractivity contribution in [1.29, 1.82) is 0 Å². The zero-order chi connectivity index (χ0) is 28.8. The van der Waals surface area contributed by atoms with Crippen molar-refractivity contribution in [2.75, 3.05) is 11.9 Å². The summed E-state index contributed by atoms with van der Waals surface area (Å²) >= 11 is 6.37. The smallest absolute Gasteiger partial charge is 0.250 e. The van der Waals surface area contributed by atoms with Gasteiger partial charge < -0.3 is 25.4 Å². The van der Waals surface area contributed by atoms with Crippen molar-refractivity contribution in [2.24, 2.45) is 23.7 Å². The lowest BCUT2D eigenvalue weighted by Crippen LogP contribution is -2.57. The van der Waals surface area contributed by atoms with Gasteiger partial charge in [-0.1, -0.05) is 81.3 Å². The molecule has 2 aromatic rings. The number of hydrogen-bond acceptors (Lipinski definition) is 5. The number of aliphatic hydroxyl groups excluding tert-OH is 1. The lowest BCUT2D eigenvalue weighted by molar-refractivity contribution is -0.150. The fraction of sp³-hybridized carbons (Fsp3) is 0.516. The largest absolute Gasteiger partial charge is 0.394 e. The molecule has 2 aromatic carbocycles. The van der Waals surface area contributed by atoms with Crippen LogP contribution >= 0.6 is 11.6 Å². The molecule has 0 aliphatic carbocycles. The number of carbonyl (C=O) groups is 3. The minimum Gasteiger partial charge on any atom is -0.394 e. The quantitative estimate of drug-likeness (QED) is 0.424. The lowest BCUT2D eigenvalue weighted by atomic mass is 9.62. The molecule has 0 aromatic heterocycles. The van der Waals surface area contributed by atoms with Crippen LogP contribution in [0, 0.1) is 23.7 Å². The van der Waals surface area contributed by atoms with E-state index in [4.69, 9.17) is 16.3 Å². The van der Waals surface area contributed by atoms with Crippen LogP contribution in [0.25, 0.3) is 0 Å². The van der Waals surface area contributed by atoms with E-state index in [1.54, 1.807) is 24.3 Å². The molecule has 9 heteroatoms. The van der Waals surface area contributed by atoms with Crippen LogP contribution in [0.1, 0.15) is 46.1 Å². The molecule has 5 rings (SSSR count). The van der Waals surface area contributed by atoms with E-state index in [1.165, 1.54) is 4.90 Å². The predicted molar refractivity (Wildman–Crippen MR) is 152 cm³/mol. The van der Waals surface area contributed by atoms with Crippen LogP contribution in [0.15, 0.2) is 54.6 Å². The second-order valence-electron chi connectivity index (χ2n) is 11.8. The number of aliphatic hydroxyl groups is 1. The Labute approximate surface area is 240 Å². The summed E-state index contributed by atoms with van der Waals surface area (Å²) in [6.45, 7) is 7.84. The summed E-state index contributed by atoms with van der Waals surface area (Å²) in [5.74, 6) is -2.85. The zero-order valence-electron chi connectivity index (χ0n) is 23.4. The van der Waals surface area contributed by atoms with Gasteiger partial charge in [0.1, 0.15) is 11.6 Å². The fourth-order valence-electron chi connectivity index (χ4n) is 7.21. The maximum Gasteiger partial charge on any atom is 0.250 e. The van der Waals surface area contributed by atoms with Crippen LogP contribution in [-0.4, -0.2) is 57.6 Å². The Morgan fingerprint density at radius 1 is 1.15 bits per heavy atom. The third-order valence-corrected chi connectivity index (χ3v) is 9.90. The first-order valence-corrected chi connectivity index (χ1v) is 14.5. The molecule has 40 heavy (non-hydrogen) atoms. The molecular formula is C31H38ClN3O5. The lowest BCUT2D eigenvalue weighted by Gasteiger charge is -2.39. The number of nitrogens with one attached hydrogen (secondary N) is 2. The van der Waals surface area contributed by atoms with Gasteiger partial charge in [-0.25, -0.2) is 0 Å². The molecule has 3 saturated heterocycles. The van der Waals surface area contributed by atoms with E-state index in [2.05, 4.69) is 10.6 Å². The van der Waals surface area contributed by atoms with E-state index in [0.717, 1.165) is 5.56 Å². The van der Waals surface area contributed by atoms with E-state index in [-0.39, 0.29) is 30.3 Å². The van der Waals surface area contributed by atoms with Crippen LogP contribution in [0.5, 0.6) is 0 Å². The molecule has 1 spiro atoms. The van der Waals surface area contributed by atoms with E-state index in [1.807, 2.05) is 58.0 Å². The Kier molecular flexibility index (Phi) is 7.72. The van der Waals surface area contributed by atoms with Gasteiger partial charge >= 0.3 is 0 Å². The summed E-state index contributed by atoms with van der Waals surface area (Å²) in [5.41, 5.74) is -0.774. The zero-order valence-corrected chi connectivity index (χ0v) is 24.1. The van der Waals surface area contributed by atoms with E-state index < -0.39 is 41.0 Å². The Balaban J connectivity index is 1.55. The second-order valence-corrected chi connectivity index (χ2v) is 12.2. The van der Waals surface area contributed by atoms with Crippen molar-refractivity contribution in [1.82, 2.24) is 10.2 Å². The molecule has 2 bridgehead atoms. The molecule has 3 amide bonds. The Bertz CT molecular complexity index is 1290. The Hall–Kier alpha value is -2.94. The molecular weight excluding hydrogens is 530 g/mol. The summed E-state index contributed by atoms with van der Waals surface area (Å²) in [4.78, 5) is 43.9. The van der Waals surface area contributed by atoms with Gasteiger partial charge in [0.2, 0.25) is 17.7 Å². The molecule has 3 heterocycles. The van der Waals surface area contributed by atoms with Gasteiger partial charge in [-0.3, -0.25) is 14.4 Å². The highest BCUT2D eigenvalue weighted by Gasteiger charge is 2.80. The van der Waals surface area contributed by atoms with E-state index in [0.29, 0.717) is 30.1 Å². The van der Waals surface area contributed by atoms with Gasteiger partial charge in [0.05, 0.1) is 40.8 Å². The predicted octanol–water partition coefficient (Wildman–Crippen LogP) is 4.01. The van der Waals surface area contributed by atoms with Crippen molar-refractivity contribution < 1.29 is 24.2 Å². The number of ether oxygens (including phenoxy) is 1. The molecule has 3 N–H and O–H groups in total. The summed E-state index contributed by atoms with van der Waals surface area (Å²) in [6.07, 6.45) is 1.14. The number of fused-ring (bicyclic) bond motifs is 1. The fourth-order valence-corrected chi connectivity index (χ4v) is 7.39. The minimum atomic E-state index is -1.22. The van der Waals surface area contributed by atoms with Crippen LogP contribution in [0.2, 0.25) is 5.02 Å². The normalized spacial score (nSPS) is 32.0. The molecule has 8 atom stereocenters. The van der Waals surface area contributed by atoms with Crippen molar-refractivity contribution in [3.8, 4) is 0 Å². The van der Waals surface area contributed by atoms with Crippen molar-refractivity contribution in [3.05, 3.63) is 65.2 Å². The second kappa shape index (κ2) is 10.8. The van der Waals surface area contributed by atoms with Gasteiger partial charge in [-0.05, 0) is 42.9 Å². The molecule has 0 radical (unpaired) electrons. The number of rotatable bonds is 9. The first-order valence-electron chi connectivity index (χ1n) is 14.1. The number of benzene rings is 2. The number of para-hydroxylation sites is 1. The maximum atomic E-state index is 14.4. The van der Waals surface area contributed by atoms with E-state index >= 15 is 0 Å². The van der Waals surface area contributed by atoms with Gasteiger partial charge in [0, 0.05) is 6.54 Å². The molecule has 0 saturated carbocycles. The number of amides is 3. The van der Waals surface area contributed by atoms with Gasteiger partial charge in [-0.2, -0.15) is 0 Å². The van der Waals surface area contributed by atoms with Gasteiger partial charge in [0.25, 0.3) is 0 Å². The van der Waals surface area contributed by atoms with Crippen LogP contribution < -0.4 is 10.6 Å². The highest BCUT2D eigenvalue weighted by Crippen LogP contribution is 2.65. The molecule has 3 aliphatic heterocycles. The molecule has 3 fully saturated rings. The van der Waals surface area contributed by atoms with Crippen LogP contribution in [-0.2, 0) is 25.7 Å². The number of hydrogen-bond donors (Lipinski definition) is 3. The number of likely N-dealkylation sites (tertiary alicyclic amines) is 1. The first kappa shape index (κ1) is 28.6. The Morgan fingerprint density at radius 3 is 2.48 bits per heavy atom. The van der Waals surface area contributed by atoms with Crippen molar-refractivity contribution >= 4 is 35.0 Å². The van der Waals surface area contributed by atoms with Crippen molar-refractivity contribution in [2.45, 2.75) is 70.4 Å². The number of nitrogens with zero attached hydrogens (tertiary/aromatic N) is 1. The van der Waals surface area contributed by atoms with Crippen LogP contribution in [0.4, 0.5) is 5.69 Å². The standard InChI is InChI=1S/C31H38ClN3O5/c1-5-18(2)23(17-36)35-26(28(38)34-22-14-10-9-13-21(22)32)31-15-19(3)30(4,40-31)24(25(31)29(35)39)27(37)33-16-20-11-7-6-8-12-20/h6-14,18-19,23-26,36H,5,15-17H2,1-4H3,(H,33,37)(H,34,38)/t18-,19?,23-,24-,25-,26?,30+,31?/m0/s1. The first-order chi connectivity index (χ1) is 19.1. The average molecular weight is 568 g/mol. The third kappa shape index (κ3) is 4.41. The van der Waals surface area contributed by atoms with Gasteiger partial charge in [0.15, 0.2) is 0 Å². The van der Waals surface area contributed by atoms with E-state index in [9.17, 15) is 19.5 Å². The minimum absolute atomic E-state index is 0.0873. The summed E-state index contributed by atoms with van der Waals surface area (Å²) < 4.78 is 6.78. The summed E-state index contributed by atoms with van der Waals surface area (Å²) in [6, 6.07) is 14.9. The van der Waals surface area contributed by atoms with Crippen molar-refractivity contribution in [3.63, 3.8) is 0 Å². The van der Waals surface area contributed by atoms with Gasteiger partial charge in [-0.15, -0.1) is 0 Å². The summed E-state index contributed by atoms with van der Waals surface area (Å²) in [7, 11) is 0. The number of anilines is 1. The molecule has 3 unspecified atom stereocenters. The monoisotopic (exact) mass is 567 g/mol. The summed E-state index contributed by atoms with van der Waals surface area (Å²) in [5, 5.41) is 16.8. The highest BCUT2D eigenvalue weighted by molar-refractivity contribution is 6.33. The maximum absolute atomic E-state index is 14.4. The molecule has 8 nitrogen and oxygen atoms in total. The van der Waals surface area contributed by atoms with Crippen LogP contribution in [0.3, 0.4) is 0 Å². The average Bonchev–Trinajstić information content (AvgIpc) is 3.46. The third-order valence-electron chi connectivity index (χ3n) is 9.57. The molecule has 3 aliphatic rings. The SMILES string of the molecule is CC[C@H](C)[C@H](CO)N1C(=O)[C@@H]2[C@@H](C(=O)NCc3ccccc3)[C@]3(C)OC2(CC3C)C1C(=O)Nc1ccccc1Cl. The number of carbonyl (C=O) groups excluding carboxylic acids is 3. The Morgan fingerprint density at radius 2 is 1.82 bits per heavy atom. The number of halogens is 1. The molecule has 214 valence electrons.